The molecule has 2 aliphatic carbocycles. The summed E-state index contributed by atoms with van der Waals surface area (Å²) in [6, 6.07) is 15.6. The lowest BCUT2D eigenvalue weighted by molar-refractivity contribution is 0.393. The highest BCUT2D eigenvalue weighted by Crippen LogP contribution is 2.64. The predicted molar refractivity (Wildman–Crippen MR) is 458 cm³/mol. The molecule has 2 aliphatic rings. The Morgan fingerprint density at radius 1 is 0.272 bits per heavy atom. The number of rotatable bonds is 61. The summed E-state index contributed by atoms with van der Waals surface area (Å²) >= 11 is 6.67. The quantitative estimate of drug-likeness (QED) is 0.0356. The lowest BCUT2D eigenvalue weighted by Crippen LogP contribution is -2.27. The van der Waals surface area contributed by atoms with Gasteiger partial charge in [0.1, 0.15) is 33.2 Å². The maximum Gasteiger partial charge on any atom is 0.147 e. The third-order valence-corrected chi connectivity index (χ3v) is 28.5. The molecule has 0 aliphatic heterocycles. The zero-order valence-corrected chi connectivity index (χ0v) is 70.0. The molecule has 570 valence electrons. The van der Waals surface area contributed by atoms with Crippen LogP contribution in [0.1, 0.15) is 446 Å². The predicted octanol–water partition coefficient (Wildman–Crippen LogP) is 34.0. The molecule has 0 fully saturated rings. The first-order valence-electron chi connectivity index (χ1n) is 44.6. The summed E-state index contributed by atoms with van der Waals surface area (Å²) in [6.07, 6.45) is 82.2. The van der Waals surface area contributed by atoms with Gasteiger partial charge in [0.15, 0.2) is 0 Å². The standard InChI is InChI=1S/C94H144N4OS4/c1-7-11-15-19-23-27-31-35-39-43-47-51-55-59-63-93(64-60-56-52-48-44-40-36-32-28-24-20-16-12-8-2)78-70-76-79(69-75(78)85-80(93)67-73(5)87-89(85)97-102-95-87)94(65-61-57-53-49-45-41-37-33-29-25-21-17-13-9-3,66-62-58-54-50-46-42-38-34-30-26-22-18-14-10-4)81-71-77(88-90(86(76)81)98-103-96-88)84-72-83-92(101-84)91-82(99-83)68-74(6)100-91/h67-72H,7-66H2,1-6H3. The topological polar surface area (TPSA) is 64.7 Å². The van der Waals surface area contributed by atoms with Crippen molar-refractivity contribution in [3.05, 3.63) is 69.1 Å². The van der Waals surface area contributed by atoms with Crippen LogP contribution in [0.25, 0.3) is 75.3 Å². The van der Waals surface area contributed by atoms with Gasteiger partial charge in [-0.2, -0.15) is 17.5 Å². The normalized spacial score (nSPS) is 13.7. The summed E-state index contributed by atoms with van der Waals surface area (Å²) in [5, 5.41) is 0. The highest BCUT2D eigenvalue weighted by molar-refractivity contribution is 7.29. The van der Waals surface area contributed by atoms with Gasteiger partial charge >= 0.3 is 0 Å². The number of thiophene rings is 2. The molecule has 0 amide bonds. The molecule has 0 unspecified atom stereocenters. The molecular weight excluding hydrogens is 1330 g/mol. The second kappa shape index (κ2) is 45.5. The minimum atomic E-state index is -0.159. The Hall–Kier alpha value is -3.50. The van der Waals surface area contributed by atoms with Crippen molar-refractivity contribution in [3.63, 3.8) is 0 Å². The zero-order valence-electron chi connectivity index (χ0n) is 66.7. The molecule has 0 saturated heterocycles. The summed E-state index contributed by atoms with van der Waals surface area (Å²) in [6.45, 7) is 13.9. The number of hydrogen-bond acceptors (Lipinski definition) is 9. The molecule has 9 heteroatoms. The second-order valence-corrected chi connectivity index (χ2v) is 36.7. The van der Waals surface area contributed by atoms with Gasteiger partial charge in [0, 0.05) is 43.3 Å². The average molecular weight is 1470 g/mol. The van der Waals surface area contributed by atoms with Crippen molar-refractivity contribution in [2.24, 2.45) is 0 Å². The van der Waals surface area contributed by atoms with Crippen LogP contribution >= 0.6 is 46.1 Å². The SMILES string of the molecule is CCCCCCCCCCCCCCCCC1(CCCCCCCCCCCCCCCC)c2cc3c(cc2-c2c1cc(C)c1nsnc21)C(CCCCCCCCCCCCCCCC)(CCCCCCCCCCCCCCCC)c1cc(-c2cc4oc5cc(C)sc5c4s2)c2nsnc2c1-3. The van der Waals surface area contributed by atoms with Crippen LogP contribution in [0.15, 0.2) is 40.8 Å². The van der Waals surface area contributed by atoms with E-state index < -0.39 is 0 Å². The van der Waals surface area contributed by atoms with E-state index in [-0.39, 0.29) is 10.8 Å². The third-order valence-electron chi connectivity index (χ3n) is 25.1. The molecule has 5 heterocycles. The molecule has 0 N–H and O–H groups in total. The molecule has 10 rings (SSSR count). The molecule has 5 aromatic heterocycles. The monoisotopic (exact) mass is 1470 g/mol. The maximum absolute atomic E-state index is 6.69. The Labute approximate surface area is 645 Å². The zero-order chi connectivity index (χ0) is 71.6. The molecule has 8 aromatic rings. The number of furan rings is 1. The van der Waals surface area contributed by atoms with Crippen molar-refractivity contribution in [2.75, 3.05) is 0 Å². The molecule has 103 heavy (non-hydrogen) atoms. The highest BCUT2D eigenvalue weighted by Gasteiger charge is 2.50. The minimum Gasteiger partial charge on any atom is -0.454 e. The van der Waals surface area contributed by atoms with Crippen molar-refractivity contribution >= 4 is 88.8 Å². The van der Waals surface area contributed by atoms with Crippen molar-refractivity contribution in [1.29, 1.82) is 0 Å². The molecule has 5 nitrogen and oxygen atoms in total. The number of aryl methyl sites for hydroxylation is 2. The molecule has 3 aromatic carbocycles. The number of aromatic nitrogens is 4. The van der Waals surface area contributed by atoms with E-state index in [0.717, 1.165) is 33.2 Å². The fourth-order valence-electron chi connectivity index (χ4n) is 19.0. The molecule has 0 radical (unpaired) electrons. The van der Waals surface area contributed by atoms with E-state index >= 15 is 0 Å². The molecule has 0 saturated carbocycles. The van der Waals surface area contributed by atoms with Gasteiger partial charge in [-0.05, 0) is 103 Å². The first-order valence-corrected chi connectivity index (χ1v) is 47.6. The van der Waals surface area contributed by atoms with Gasteiger partial charge in [-0.15, -0.1) is 22.7 Å². The third kappa shape index (κ3) is 22.8. The highest BCUT2D eigenvalue weighted by atomic mass is 32.1. The van der Waals surface area contributed by atoms with E-state index in [1.165, 1.54) is 461 Å². The van der Waals surface area contributed by atoms with E-state index in [9.17, 15) is 0 Å². The van der Waals surface area contributed by atoms with Crippen LogP contribution in [0.5, 0.6) is 0 Å². The fraction of sp³-hybridized carbons (Fsp3) is 0.723. The first kappa shape index (κ1) is 82.0. The second-order valence-electron chi connectivity index (χ2n) is 33.3. The van der Waals surface area contributed by atoms with Crippen LogP contribution in [-0.2, 0) is 10.8 Å². The van der Waals surface area contributed by atoms with Gasteiger partial charge < -0.3 is 4.42 Å². The van der Waals surface area contributed by atoms with Crippen LogP contribution in [-0.4, -0.2) is 17.5 Å². The van der Waals surface area contributed by atoms with Crippen LogP contribution in [0.2, 0.25) is 0 Å². The minimum absolute atomic E-state index is 0.0961. The van der Waals surface area contributed by atoms with Crippen LogP contribution in [0, 0.1) is 13.8 Å². The van der Waals surface area contributed by atoms with Crippen LogP contribution in [0.3, 0.4) is 0 Å². The summed E-state index contributed by atoms with van der Waals surface area (Å²) in [5.74, 6) is 0. The van der Waals surface area contributed by atoms with Crippen molar-refractivity contribution in [3.8, 4) is 32.7 Å². The molecular formula is C94H144N4OS4. The number of nitrogens with zero attached hydrogens (tertiary/aromatic N) is 4. The number of unbranched alkanes of at least 4 members (excludes halogenated alkanes) is 52. The smallest absolute Gasteiger partial charge is 0.147 e. The molecule has 0 bridgehead atoms. The number of hydrogen-bond donors (Lipinski definition) is 0. The summed E-state index contributed by atoms with van der Waals surface area (Å²) in [7, 11) is 0. The van der Waals surface area contributed by atoms with Gasteiger partial charge in [-0.25, -0.2) is 0 Å². The number of fused-ring (bicyclic) bond motifs is 13. The van der Waals surface area contributed by atoms with E-state index in [1.807, 2.05) is 22.7 Å². The van der Waals surface area contributed by atoms with E-state index in [4.69, 9.17) is 21.9 Å². The van der Waals surface area contributed by atoms with Gasteiger partial charge in [0.05, 0.1) is 32.9 Å². The fourth-order valence-corrected chi connectivity index (χ4v) is 22.4. The van der Waals surface area contributed by atoms with Crippen LogP contribution < -0.4 is 0 Å². The van der Waals surface area contributed by atoms with Crippen molar-refractivity contribution < 1.29 is 4.42 Å². The largest absolute Gasteiger partial charge is 0.454 e. The number of benzene rings is 3. The Bertz CT molecular complexity index is 3600. The molecule has 0 atom stereocenters. The van der Waals surface area contributed by atoms with Crippen LogP contribution in [0.4, 0.5) is 0 Å². The lowest BCUT2D eigenvalue weighted by Gasteiger charge is -2.35. The Morgan fingerprint density at radius 2 is 0.544 bits per heavy atom. The van der Waals surface area contributed by atoms with E-state index in [2.05, 4.69) is 77.9 Å². The van der Waals surface area contributed by atoms with Gasteiger partial charge in [0.25, 0.3) is 0 Å². The Balaban J connectivity index is 0.975. The van der Waals surface area contributed by atoms with Gasteiger partial charge in [0.2, 0.25) is 0 Å². The first-order chi connectivity index (χ1) is 50.9. The summed E-state index contributed by atoms with van der Waals surface area (Å²) in [4.78, 5) is 2.58. The summed E-state index contributed by atoms with van der Waals surface area (Å²) < 4.78 is 30.7. The van der Waals surface area contributed by atoms with E-state index in [0.29, 0.717) is 0 Å². The lowest BCUT2D eigenvalue weighted by atomic mass is 9.68. The van der Waals surface area contributed by atoms with Crippen molar-refractivity contribution in [1.82, 2.24) is 17.5 Å². The van der Waals surface area contributed by atoms with E-state index in [1.54, 1.807) is 22.3 Å². The van der Waals surface area contributed by atoms with Gasteiger partial charge in [-0.3, -0.25) is 0 Å². The molecule has 0 spiro atoms. The summed E-state index contributed by atoms with van der Waals surface area (Å²) in [5.41, 5.74) is 20.9. The van der Waals surface area contributed by atoms with Crippen molar-refractivity contribution in [2.45, 2.75) is 438 Å². The maximum atomic E-state index is 6.69. The van der Waals surface area contributed by atoms with Gasteiger partial charge in [-0.1, -0.05) is 393 Å². The Morgan fingerprint density at radius 3 is 0.893 bits per heavy atom. The Kier molecular flexibility index (Phi) is 36.2. The average Bonchev–Trinajstić information content (AvgIpc) is 1.52.